The van der Waals surface area contributed by atoms with E-state index >= 15 is 0 Å². The van der Waals surface area contributed by atoms with Crippen molar-refractivity contribution in [3.05, 3.63) is 30.6 Å². The van der Waals surface area contributed by atoms with Crippen LogP contribution in [0.5, 0.6) is 5.75 Å². The number of methoxy groups -OCH3 is 1. The zero-order valence-electron chi connectivity index (χ0n) is 13.9. The lowest BCUT2D eigenvalue weighted by Gasteiger charge is -2.34. The van der Waals surface area contributed by atoms with Gasteiger partial charge in [-0.15, -0.1) is 0 Å². The van der Waals surface area contributed by atoms with E-state index in [0.29, 0.717) is 6.04 Å². The zero-order valence-corrected chi connectivity index (χ0v) is 14.7. The summed E-state index contributed by atoms with van der Waals surface area (Å²) >= 11 is 1.49. The summed E-state index contributed by atoms with van der Waals surface area (Å²) in [6, 6.07) is 8.48. The summed E-state index contributed by atoms with van der Waals surface area (Å²) in [5.74, 6) is 1.88. The smallest absolute Gasteiger partial charge is 0.151 e. The topological polar surface area (TPSA) is 51.1 Å². The summed E-state index contributed by atoms with van der Waals surface area (Å²) in [7, 11) is 1.67. The molecule has 24 heavy (non-hydrogen) atoms. The molecule has 0 unspecified atom stereocenters. The first-order valence-electron chi connectivity index (χ1n) is 8.29. The maximum atomic E-state index is 5.23. The lowest BCUT2D eigenvalue weighted by Crippen LogP contribution is -2.38. The molecule has 1 aliphatic rings. The number of hydrogen-bond donors (Lipinski definition) is 0. The summed E-state index contributed by atoms with van der Waals surface area (Å²) in [5, 5.41) is 0. The molecule has 1 aliphatic heterocycles. The van der Waals surface area contributed by atoms with Crippen molar-refractivity contribution in [2.75, 3.05) is 18.6 Å². The molecule has 5 nitrogen and oxygen atoms in total. The summed E-state index contributed by atoms with van der Waals surface area (Å²) in [4.78, 5) is 11.5. The van der Waals surface area contributed by atoms with Gasteiger partial charge >= 0.3 is 0 Å². The molecule has 1 aromatic carbocycles. The molecule has 3 aromatic rings. The number of nitrogens with zero attached hydrogens (tertiary/aromatic N) is 4. The Kier molecular flexibility index (Phi) is 4.06. The Morgan fingerprint density at radius 1 is 1.17 bits per heavy atom. The molecule has 4 rings (SSSR count). The predicted molar refractivity (Wildman–Crippen MR) is 97.9 cm³/mol. The van der Waals surface area contributed by atoms with E-state index in [4.69, 9.17) is 4.74 Å². The Hall–Kier alpha value is -2.21. The van der Waals surface area contributed by atoms with Crippen molar-refractivity contribution in [2.45, 2.75) is 32.2 Å². The standard InChI is InChI=1S/C18H20N4OS/c1-12-5-3-4-10-22(12)18-17-16(19-11-20-18)15(21-24-17)13-6-8-14(23-2)9-7-13/h6-9,11-12H,3-5,10H2,1-2H3/t12-/m0/s1. The molecule has 1 fully saturated rings. The quantitative estimate of drug-likeness (QED) is 0.717. The van der Waals surface area contributed by atoms with Crippen molar-refractivity contribution < 1.29 is 4.74 Å². The second-order valence-electron chi connectivity index (χ2n) is 6.17. The summed E-state index contributed by atoms with van der Waals surface area (Å²) in [5.41, 5.74) is 2.91. The molecule has 2 aromatic heterocycles. The lowest BCUT2D eigenvalue weighted by atomic mass is 10.0. The van der Waals surface area contributed by atoms with Gasteiger partial charge in [0.05, 0.1) is 7.11 Å². The summed E-state index contributed by atoms with van der Waals surface area (Å²) in [6.45, 7) is 3.33. The largest absolute Gasteiger partial charge is 0.497 e. The van der Waals surface area contributed by atoms with Crippen molar-refractivity contribution in [3.63, 3.8) is 0 Å². The van der Waals surface area contributed by atoms with E-state index in [1.54, 1.807) is 13.4 Å². The number of rotatable bonds is 3. The van der Waals surface area contributed by atoms with Crippen molar-refractivity contribution in [1.29, 1.82) is 0 Å². The first-order valence-corrected chi connectivity index (χ1v) is 9.06. The van der Waals surface area contributed by atoms with Gasteiger partial charge in [0, 0.05) is 18.2 Å². The predicted octanol–water partition coefficient (Wildman–Crippen LogP) is 4.14. The lowest BCUT2D eigenvalue weighted by molar-refractivity contribution is 0.415. The van der Waals surface area contributed by atoms with Crippen LogP contribution in [-0.4, -0.2) is 34.0 Å². The molecule has 124 valence electrons. The van der Waals surface area contributed by atoms with Crippen molar-refractivity contribution >= 4 is 27.6 Å². The molecule has 1 saturated heterocycles. The monoisotopic (exact) mass is 340 g/mol. The highest BCUT2D eigenvalue weighted by atomic mass is 32.1. The minimum Gasteiger partial charge on any atom is -0.497 e. The fraction of sp³-hybridized carbons (Fsp3) is 0.389. The molecule has 0 N–H and O–H groups in total. The van der Waals surface area contributed by atoms with Crippen molar-refractivity contribution in [2.24, 2.45) is 0 Å². The van der Waals surface area contributed by atoms with Crippen LogP contribution in [0.2, 0.25) is 0 Å². The number of aromatic nitrogens is 3. The van der Waals surface area contributed by atoms with Crippen LogP contribution in [0.4, 0.5) is 5.82 Å². The maximum absolute atomic E-state index is 5.23. The van der Waals surface area contributed by atoms with Gasteiger partial charge in [-0.1, -0.05) is 0 Å². The highest BCUT2D eigenvalue weighted by Crippen LogP contribution is 2.36. The second kappa shape index (κ2) is 6.36. The second-order valence-corrected chi connectivity index (χ2v) is 6.95. The van der Waals surface area contributed by atoms with Gasteiger partial charge in [-0.05, 0) is 62.0 Å². The van der Waals surface area contributed by atoms with E-state index in [0.717, 1.165) is 39.6 Å². The number of fused-ring (bicyclic) bond motifs is 1. The third-order valence-corrected chi connectivity index (χ3v) is 5.51. The highest BCUT2D eigenvalue weighted by molar-refractivity contribution is 7.14. The third kappa shape index (κ3) is 2.60. The number of piperidine rings is 1. The molecule has 1 atom stereocenters. The van der Waals surface area contributed by atoms with Gasteiger partial charge in [0.1, 0.15) is 28.0 Å². The van der Waals surface area contributed by atoms with Crippen LogP contribution in [0.25, 0.3) is 21.5 Å². The van der Waals surface area contributed by atoms with Crippen LogP contribution < -0.4 is 9.64 Å². The van der Waals surface area contributed by atoms with Crippen LogP contribution >= 0.6 is 11.5 Å². The summed E-state index contributed by atoms with van der Waals surface area (Å²) in [6.07, 6.45) is 5.40. The van der Waals surface area contributed by atoms with Crippen LogP contribution in [0, 0.1) is 0 Å². The van der Waals surface area contributed by atoms with Gasteiger partial charge in [-0.25, -0.2) is 9.97 Å². The fourth-order valence-corrected chi connectivity index (χ4v) is 4.17. The maximum Gasteiger partial charge on any atom is 0.151 e. The Bertz CT molecular complexity index is 846. The molecule has 0 saturated carbocycles. The molecule has 6 heteroatoms. The molecule has 0 bridgehead atoms. The molecule has 0 spiro atoms. The molecule has 0 aliphatic carbocycles. The molecule has 0 radical (unpaired) electrons. The van der Waals surface area contributed by atoms with E-state index in [1.807, 2.05) is 24.3 Å². The molecule has 0 amide bonds. The summed E-state index contributed by atoms with van der Waals surface area (Å²) < 4.78 is 11.0. The number of anilines is 1. The van der Waals surface area contributed by atoms with E-state index in [2.05, 4.69) is 26.2 Å². The third-order valence-electron chi connectivity index (χ3n) is 4.68. The van der Waals surface area contributed by atoms with Gasteiger partial charge in [-0.3, -0.25) is 0 Å². The molecular weight excluding hydrogens is 320 g/mol. The fourth-order valence-electron chi connectivity index (χ4n) is 3.31. The minimum atomic E-state index is 0.517. The SMILES string of the molecule is COc1ccc(-c2nsc3c(N4CCCC[C@@H]4C)ncnc23)cc1. The zero-order chi connectivity index (χ0) is 16.5. The molecule has 3 heterocycles. The van der Waals surface area contributed by atoms with Crippen LogP contribution in [-0.2, 0) is 0 Å². The minimum absolute atomic E-state index is 0.517. The van der Waals surface area contributed by atoms with Gasteiger partial charge in [0.2, 0.25) is 0 Å². The van der Waals surface area contributed by atoms with E-state index in [1.165, 1.54) is 30.8 Å². The van der Waals surface area contributed by atoms with Gasteiger partial charge < -0.3 is 9.64 Å². The van der Waals surface area contributed by atoms with Gasteiger partial charge in [-0.2, -0.15) is 4.37 Å². The Morgan fingerprint density at radius 2 is 2.00 bits per heavy atom. The normalized spacial score (nSPS) is 18.1. The van der Waals surface area contributed by atoms with Crippen LogP contribution in [0.1, 0.15) is 26.2 Å². The van der Waals surface area contributed by atoms with E-state index in [9.17, 15) is 0 Å². The van der Waals surface area contributed by atoms with E-state index in [-0.39, 0.29) is 0 Å². The average Bonchev–Trinajstić information content (AvgIpc) is 3.06. The number of hydrogen-bond acceptors (Lipinski definition) is 6. The van der Waals surface area contributed by atoms with E-state index < -0.39 is 0 Å². The first-order chi connectivity index (χ1) is 11.8. The van der Waals surface area contributed by atoms with Gasteiger partial charge in [0.15, 0.2) is 5.82 Å². The van der Waals surface area contributed by atoms with Crippen molar-refractivity contribution in [1.82, 2.24) is 14.3 Å². The van der Waals surface area contributed by atoms with Gasteiger partial charge in [0.25, 0.3) is 0 Å². The Morgan fingerprint density at radius 3 is 2.75 bits per heavy atom. The number of benzene rings is 1. The molecular formula is C18H20N4OS. The van der Waals surface area contributed by atoms with Crippen molar-refractivity contribution in [3.8, 4) is 17.0 Å². The van der Waals surface area contributed by atoms with Crippen LogP contribution in [0.15, 0.2) is 30.6 Å². The number of ether oxygens (including phenoxy) is 1. The first kappa shape index (κ1) is 15.3. The Balaban J connectivity index is 1.78. The van der Waals surface area contributed by atoms with Crippen LogP contribution in [0.3, 0.4) is 0 Å². The Labute approximate surface area is 145 Å². The average molecular weight is 340 g/mol. The highest BCUT2D eigenvalue weighted by Gasteiger charge is 2.24.